The summed E-state index contributed by atoms with van der Waals surface area (Å²) >= 11 is 17.6. The molecule has 1 rings (SSSR count). The van der Waals surface area contributed by atoms with Gasteiger partial charge in [0.15, 0.2) is 5.73 Å². The van der Waals surface area contributed by atoms with Crippen LogP contribution < -0.4 is 4.74 Å². The minimum Gasteiger partial charge on any atom is -0.481 e. The van der Waals surface area contributed by atoms with Gasteiger partial charge in [-0.05, 0) is 6.07 Å². The monoisotopic (exact) mass is 326 g/mol. The van der Waals surface area contributed by atoms with E-state index in [1.165, 1.54) is 12.1 Å². The van der Waals surface area contributed by atoms with Crippen LogP contribution in [0.5, 0.6) is 5.75 Å². The highest BCUT2D eigenvalue weighted by Gasteiger charge is 2.35. The maximum absolute atomic E-state index is 11.2. The molecule has 0 radical (unpaired) electrons. The van der Waals surface area contributed by atoms with Gasteiger partial charge in [-0.3, -0.25) is 0 Å². The number of hydrogen-bond donors (Lipinski definition) is 1. The molecule has 18 heavy (non-hydrogen) atoms. The van der Waals surface area contributed by atoms with E-state index in [0.29, 0.717) is 5.02 Å². The summed E-state index contributed by atoms with van der Waals surface area (Å²) in [5.41, 5.74) is -0.896. The molecule has 0 aliphatic rings. The molecule has 1 N–H and O–H groups in total. The molecule has 1 atom stereocenters. The molecule has 0 amide bonds. The van der Waals surface area contributed by atoms with Gasteiger partial charge in [0.1, 0.15) is 13.8 Å². The van der Waals surface area contributed by atoms with E-state index in [1.807, 2.05) is 19.6 Å². The first-order valence-corrected chi connectivity index (χ1v) is 9.88. The van der Waals surface area contributed by atoms with Gasteiger partial charge < -0.3 is 9.84 Å². The average Bonchev–Trinajstić information content (AvgIpc) is 2.19. The van der Waals surface area contributed by atoms with Crippen LogP contribution in [0.3, 0.4) is 0 Å². The maximum atomic E-state index is 11.2. The van der Waals surface area contributed by atoms with Gasteiger partial charge in [0.25, 0.3) is 0 Å². The molecule has 0 heterocycles. The molecule has 0 fully saturated rings. The molecular weight excluding hydrogens is 315 g/mol. The van der Waals surface area contributed by atoms with Crippen molar-refractivity contribution in [1.82, 2.24) is 0 Å². The molecule has 100 valence electrons. The summed E-state index contributed by atoms with van der Waals surface area (Å²) in [6.45, 7) is 5.70. The number of aliphatic carboxylic acids is 1. The predicted molar refractivity (Wildman–Crippen MR) is 76.9 cm³/mol. The SMILES string of the molecule is C[Si](C)(C)C(Oc1cc(Cl)c(Cl)cc1Cl)C(=O)O. The van der Waals surface area contributed by atoms with Crippen molar-refractivity contribution in [3.8, 4) is 5.75 Å². The lowest BCUT2D eigenvalue weighted by Gasteiger charge is -2.26. The first-order valence-electron chi connectivity index (χ1n) is 5.17. The Morgan fingerprint density at radius 1 is 1.17 bits per heavy atom. The van der Waals surface area contributed by atoms with Crippen LogP contribution in [0.2, 0.25) is 34.7 Å². The number of hydrogen-bond acceptors (Lipinski definition) is 2. The second-order valence-corrected chi connectivity index (χ2v) is 11.4. The second-order valence-electron chi connectivity index (χ2n) is 4.90. The number of ether oxygens (including phenoxy) is 1. The zero-order valence-electron chi connectivity index (χ0n) is 10.1. The van der Waals surface area contributed by atoms with E-state index >= 15 is 0 Å². The summed E-state index contributed by atoms with van der Waals surface area (Å²) < 4.78 is 5.49. The number of rotatable bonds is 4. The molecule has 1 aromatic carbocycles. The molecule has 1 aromatic rings. The zero-order chi connectivity index (χ0) is 14.1. The summed E-state index contributed by atoms with van der Waals surface area (Å²) in [4.78, 5) is 11.2. The smallest absolute Gasteiger partial charge is 0.340 e. The Balaban J connectivity index is 3.09. The fraction of sp³-hybridized carbons (Fsp3) is 0.364. The summed E-state index contributed by atoms with van der Waals surface area (Å²) in [5, 5.41) is 10.0. The zero-order valence-corrected chi connectivity index (χ0v) is 13.4. The summed E-state index contributed by atoms with van der Waals surface area (Å²) in [6, 6.07) is 2.87. The highest BCUT2D eigenvalue weighted by Crippen LogP contribution is 2.35. The summed E-state index contributed by atoms with van der Waals surface area (Å²) in [5.74, 6) is -0.766. The van der Waals surface area contributed by atoms with Crippen LogP contribution in [0.25, 0.3) is 0 Å². The third-order valence-corrected chi connectivity index (χ3v) is 5.19. The Hall–Kier alpha value is -0.423. The van der Waals surface area contributed by atoms with Gasteiger partial charge in [-0.15, -0.1) is 0 Å². The van der Waals surface area contributed by atoms with Gasteiger partial charge in [-0.2, -0.15) is 0 Å². The maximum Gasteiger partial charge on any atom is 0.340 e. The highest BCUT2D eigenvalue weighted by atomic mass is 35.5. The third-order valence-electron chi connectivity index (χ3n) is 2.23. The molecule has 0 bridgehead atoms. The van der Waals surface area contributed by atoms with E-state index in [4.69, 9.17) is 39.5 Å². The van der Waals surface area contributed by atoms with Crippen LogP contribution in [0.4, 0.5) is 0 Å². The molecule has 0 aromatic heterocycles. The fourth-order valence-corrected chi connectivity index (χ4v) is 3.12. The van der Waals surface area contributed by atoms with Crippen LogP contribution in [-0.2, 0) is 4.79 Å². The Bertz CT molecular complexity index is 471. The van der Waals surface area contributed by atoms with Gasteiger partial charge in [-0.25, -0.2) is 4.79 Å². The Morgan fingerprint density at radius 3 is 2.11 bits per heavy atom. The van der Waals surface area contributed by atoms with Gasteiger partial charge in [-0.1, -0.05) is 54.4 Å². The third kappa shape index (κ3) is 3.78. The predicted octanol–water partition coefficient (Wildman–Crippen LogP) is 4.36. The van der Waals surface area contributed by atoms with Crippen LogP contribution in [-0.4, -0.2) is 24.9 Å². The molecule has 0 spiro atoms. The van der Waals surface area contributed by atoms with Crippen LogP contribution in [0.1, 0.15) is 0 Å². The first-order chi connectivity index (χ1) is 8.12. The lowest BCUT2D eigenvalue weighted by atomic mass is 10.3. The van der Waals surface area contributed by atoms with Crippen molar-refractivity contribution in [2.75, 3.05) is 0 Å². The summed E-state index contributed by atoms with van der Waals surface area (Å²) in [6.07, 6.45) is 0. The van der Waals surface area contributed by atoms with Crippen molar-refractivity contribution in [3.05, 3.63) is 27.2 Å². The van der Waals surface area contributed by atoms with Crippen LogP contribution in [0.15, 0.2) is 12.1 Å². The number of carboxylic acids is 1. The van der Waals surface area contributed by atoms with E-state index in [1.54, 1.807) is 0 Å². The Labute approximate surface area is 122 Å². The molecule has 7 heteroatoms. The Kier molecular flexibility index (Phi) is 4.95. The van der Waals surface area contributed by atoms with Crippen molar-refractivity contribution >= 4 is 48.8 Å². The standard InChI is InChI=1S/C11H13Cl3O3Si/c1-18(2,3)11(10(15)16)17-9-5-7(13)6(12)4-8(9)14/h4-5,11H,1-3H3,(H,15,16). The number of carboxylic acid groups (broad SMARTS) is 1. The first kappa shape index (κ1) is 15.6. The van der Waals surface area contributed by atoms with Gasteiger partial charge in [0.05, 0.1) is 15.1 Å². The summed E-state index contributed by atoms with van der Waals surface area (Å²) in [7, 11) is -2.04. The average molecular weight is 328 g/mol. The highest BCUT2D eigenvalue weighted by molar-refractivity contribution is 6.80. The fourth-order valence-electron chi connectivity index (χ4n) is 1.32. The lowest BCUT2D eigenvalue weighted by Crippen LogP contribution is -2.48. The van der Waals surface area contributed by atoms with Gasteiger partial charge in [0.2, 0.25) is 0 Å². The quantitative estimate of drug-likeness (QED) is 0.660. The van der Waals surface area contributed by atoms with Crippen molar-refractivity contribution < 1.29 is 14.6 Å². The molecule has 0 aliphatic carbocycles. The van der Waals surface area contributed by atoms with Crippen LogP contribution in [0, 0.1) is 0 Å². The van der Waals surface area contributed by atoms with Gasteiger partial charge >= 0.3 is 5.97 Å². The van der Waals surface area contributed by atoms with E-state index in [0.717, 1.165) is 0 Å². The molecule has 0 saturated heterocycles. The van der Waals surface area contributed by atoms with E-state index in [-0.39, 0.29) is 15.8 Å². The number of carbonyl (C=O) groups is 1. The topological polar surface area (TPSA) is 46.5 Å². The molecule has 0 aliphatic heterocycles. The molecule has 3 nitrogen and oxygen atoms in total. The van der Waals surface area contributed by atoms with Crippen molar-refractivity contribution in [1.29, 1.82) is 0 Å². The molecule has 0 saturated carbocycles. The van der Waals surface area contributed by atoms with Crippen LogP contribution >= 0.6 is 34.8 Å². The number of benzene rings is 1. The van der Waals surface area contributed by atoms with E-state index < -0.39 is 19.8 Å². The van der Waals surface area contributed by atoms with E-state index in [2.05, 4.69) is 0 Å². The Morgan fingerprint density at radius 2 is 1.67 bits per heavy atom. The number of halogens is 3. The second kappa shape index (κ2) is 5.69. The van der Waals surface area contributed by atoms with Crippen molar-refractivity contribution in [2.24, 2.45) is 0 Å². The lowest BCUT2D eigenvalue weighted by molar-refractivity contribution is -0.141. The van der Waals surface area contributed by atoms with E-state index in [9.17, 15) is 9.90 Å². The van der Waals surface area contributed by atoms with Gasteiger partial charge in [0, 0.05) is 6.07 Å². The van der Waals surface area contributed by atoms with Crippen molar-refractivity contribution in [3.63, 3.8) is 0 Å². The molecule has 1 unspecified atom stereocenters. The minimum atomic E-state index is -2.04. The largest absolute Gasteiger partial charge is 0.481 e. The minimum absolute atomic E-state index is 0.237. The van der Waals surface area contributed by atoms with Crippen molar-refractivity contribution in [2.45, 2.75) is 25.4 Å². The molecular formula is C11H13Cl3O3Si. The normalized spacial score (nSPS) is 13.2.